The molecule has 0 radical (unpaired) electrons. The lowest BCUT2D eigenvalue weighted by Crippen LogP contribution is -2.08. The SMILES string of the molecule is N#Cc1ccc(Nc2cnc(N)c(NCc3ccc4ncccc4c3)n2)nc1. The highest BCUT2D eigenvalue weighted by atomic mass is 15.1. The Morgan fingerprint density at radius 3 is 2.75 bits per heavy atom. The van der Waals surface area contributed by atoms with Gasteiger partial charge in [-0.1, -0.05) is 12.1 Å². The number of hydrogen-bond acceptors (Lipinski definition) is 8. The van der Waals surface area contributed by atoms with Crippen molar-refractivity contribution in [2.75, 3.05) is 16.4 Å². The third-order valence-corrected chi connectivity index (χ3v) is 4.08. The van der Waals surface area contributed by atoms with Crippen molar-refractivity contribution in [1.82, 2.24) is 19.9 Å². The minimum absolute atomic E-state index is 0.306. The van der Waals surface area contributed by atoms with Gasteiger partial charge in [0.1, 0.15) is 11.9 Å². The summed E-state index contributed by atoms with van der Waals surface area (Å²) >= 11 is 0. The van der Waals surface area contributed by atoms with Gasteiger partial charge in [-0.05, 0) is 35.9 Å². The molecule has 0 atom stereocenters. The monoisotopic (exact) mass is 368 g/mol. The molecule has 0 aliphatic heterocycles. The standard InChI is InChI=1S/C20H16N8/c21-9-14-4-6-17(24-11-14)27-18-12-25-19(22)20(28-18)26-10-13-3-5-16-15(8-13)2-1-7-23-16/h1-8,11-12H,10H2,(H2,22,25)(H2,24,26,27,28). The molecule has 0 aliphatic carbocycles. The van der Waals surface area contributed by atoms with Crippen LogP contribution in [0.25, 0.3) is 10.9 Å². The van der Waals surface area contributed by atoms with E-state index in [9.17, 15) is 0 Å². The number of hydrogen-bond donors (Lipinski definition) is 3. The van der Waals surface area contributed by atoms with Gasteiger partial charge in [-0.15, -0.1) is 0 Å². The minimum Gasteiger partial charge on any atom is -0.381 e. The summed E-state index contributed by atoms with van der Waals surface area (Å²) in [6.07, 6.45) is 4.79. The molecule has 3 aromatic heterocycles. The van der Waals surface area contributed by atoms with Gasteiger partial charge in [-0.3, -0.25) is 4.98 Å². The Balaban J connectivity index is 1.49. The predicted molar refractivity (Wildman–Crippen MR) is 108 cm³/mol. The van der Waals surface area contributed by atoms with Crippen molar-refractivity contribution in [3.63, 3.8) is 0 Å². The van der Waals surface area contributed by atoms with Crippen LogP contribution in [0.5, 0.6) is 0 Å². The molecule has 0 spiro atoms. The van der Waals surface area contributed by atoms with Gasteiger partial charge in [0.05, 0.1) is 17.3 Å². The lowest BCUT2D eigenvalue weighted by Gasteiger charge is -2.11. The first-order chi connectivity index (χ1) is 13.7. The molecule has 8 heteroatoms. The third kappa shape index (κ3) is 3.78. The summed E-state index contributed by atoms with van der Waals surface area (Å²) in [6.45, 7) is 0.544. The van der Waals surface area contributed by atoms with E-state index >= 15 is 0 Å². The maximum atomic E-state index is 8.84. The summed E-state index contributed by atoms with van der Waals surface area (Å²) in [7, 11) is 0. The van der Waals surface area contributed by atoms with Gasteiger partial charge in [-0.2, -0.15) is 5.26 Å². The summed E-state index contributed by atoms with van der Waals surface area (Å²) in [4.78, 5) is 17.1. The van der Waals surface area contributed by atoms with Crippen LogP contribution >= 0.6 is 0 Å². The average molecular weight is 368 g/mol. The second kappa shape index (κ2) is 7.55. The Bertz CT molecular complexity index is 1160. The number of fused-ring (bicyclic) bond motifs is 1. The summed E-state index contributed by atoms with van der Waals surface area (Å²) < 4.78 is 0. The fourth-order valence-corrected chi connectivity index (χ4v) is 2.67. The molecule has 0 fully saturated rings. The molecule has 3 heterocycles. The van der Waals surface area contributed by atoms with E-state index in [0.717, 1.165) is 16.5 Å². The van der Waals surface area contributed by atoms with Crippen molar-refractivity contribution >= 4 is 34.2 Å². The van der Waals surface area contributed by atoms with Crippen LogP contribution in [0.2, 0.25) is 0 Å². The average Bonchev–Trinajstić information content (AvgIpc) is 2.74. The van der Waals surface area contributed by atoms with Crippen LogP contribution in [0.15, 0.2) is 61.1 Å². The van der Waals surface area contributed by atoms with Crippen molar-refractivity contribution < 1.29 is 0 Å². The van der Waals surface area contributed by atoms with Crippen molar-refractivity contribution in [2.45, 2.75) is 6.54 Å². The Labute approximate surface area is 161 Å². The number of pyridine rings is 2. The van der Waals surface area contributed by atoms with Gasteiger partial charge in [-0.25, -0.2) is 15.0 Å². The van der Waals surface area contributed by atoms with E-state index in [1.54, 1.807) is 18.3 Å². The highest BCUT2D eigenvalue weighted by molar-refractivity contribution is 5.79. The molecule has 4 rings (SSSR count). The van der Waals surface area contributed by atoms with Crippen LogP contribution in [0.4, 0.5) is 23.3 Å². The van der Waals surface area contributed by atoms with Crippen LogP contribution in [0.3, 0.4) is 0 Å². The Kier molecular flexibility index (Phi) is 4.63. The summed E-state index contributed by atoms with van der Waals surface area (Å²) in [5.41, 5.74) is 8.47. The first kappa shape index (κ1) is 17.2. The molecular weight excluding hydrogens is 352 g/mol. The smallest absolute Gasteiger partial charge is 0.171 e. The zero-order valence-corrected chi connectivity index (χ0v) is 14.8. The van der Waals surface area contributed by atoms with Crippen molar-refractivity contribution in [1.29, 1.82) is 5.26 Å². The Morgan fingerprint density at radius 2 is 1.93 bits per heavy atom. The van der Waals surface area contributed by atoms with E-state index in [0.29, 0.717) is 35.4 Å². The molecule has 0 aliphatic rings. The number of aromatic nitrogens is 4. The largest absolute Gasteiger partial charge is 0.381 e. The number of nitriles is 1. The lowest BCUT2D eigenvalue weighted by atomic mass is 10.1. The van der Waals surface area contributed by atoms with Crippen molar-refractivity contribution in [2.24, 2.45) is 0 Å². The normalized spacial score (nSPS) is 10.4. The second-order valence-corrected chi connectivity index (χ2v) is 6.04. The number of anilines is 4. The number of benzene rings is 1. The molecule has 4 aromatic rings. The number of nitrogens with zero attached hydrogens (tertiary/aromatic N) is 5. The van der Waals surface area contributed by atoms with Gasteiger partial charge in [0, 0.05) is 24.3 Å². The van der Waals surface area contributed by atoms with E-state index < -0.39 is 0 Å². The van der Waals surface area contributed by atoms with E-state index in [-0.39, 0.29) is 0 Å². The van der Waals surface area contributed by atoms with Crippen LogP contribution in [-0.2, 0) is 6.54 Å². The fraction of sp³-hybridized carbons (Fsp3) is 0.0500. The fourth-order valence-electron chi connectivity index (χ4n) is 2.67. The highest BCUT2D eigenvalue weighted by Crippen LogP contribution is 2.20. The number of nitrogens with two attached hydrogens (primary N) is 1. The molecule has 8 nitrogen and oxygen atoms in total. The Hall–Kier alpha value is -4.25. The number of rotatable bonds is 5. The van der Waals surface area contributed by atoms with Crippen LogP contribution in [0, 0.1) is 11.3 Å². The first-order valence-corrected chi connectivity index (χ1v) is 8.54. The molecule has 28 heavy (non-hydrogen) atoms. The van der Waals surface area contributed by atoms with E-state index in [1.807, 2.05) is 30.3 Å². The molecule has 4 N–H and O–H groups in total. The molecule has 0 saturated heterocycles. The molecule has 0 bridgehead atoms. The summed E-state index contributed by atoms with van der Waals surface area (Å²) in [5.74, 6) is 1.84. The van der Waals surface area contributed by atoms with Crippen LogP contribution in [0.1, 0.15) is 11.1 Å². The lowest BCUT2D eigenvalue weighted by molar-refractivity contribution is 1.09. The molecule has 136 valence electrons. The van der Waals surface area contributed by atoms with Gasteiger partial charge in [0.2, 0.25) is 0 Å². The highest BCUT2D eigenvalue weighted by Gasteiger charge is 2.06. The predicted octanol–water partition coefficient (Wildman–Crippen LogP) is 3.23. The molecule has 0 unspecified atom stereocenters. The molecule has 1 aromatic carbocycles. The van der Waals surface area contributed by atoms with E-state index in [1.165, 1.54) is 12.4 Å². The van der Waals surface area contributed by atoms with Gasteiger partial charge >= 0.3 is 0 Å². The van der Waals surface area contributed by atoms with Crippen LogP contribution in [-0.4, -0.2) is 19.9 Å². The molecule has 0 amide bonds. The van der Waals surface area contributed by atoms with Crippen LogP contribution < -0.4 is 16.4 Å². The van der Waals surface area contributed by atoms with Gasteiger partial charge < -0.3 is 16.4 Å². The van der Waals surface area contributed by atoms with Gasteiger partial charge in [0.15, 0.2) is 17.5 Å². The maximum absolute atomic E-state index is 8.84. The number of nitrogens with one attached hydrogen (secondary N) is 2. The summed E-state index contributed by atoms with van der Waals surface area (Å²) in [5, 5.41) is 16.2. The van der Waals surface area contributed by atoms with E-state index in [4.69, 9.17) is 11.0 Å². The summed E-state index contributed by atoms with van der Waals surface area (Å²) in [6, 6.07) is 15.4. The van der Waals surface area contributed by atoms with E-state index in [2.05, 4.69) is 36.6 Å². The zero-order valence-electron chi connectivity index (χ0n) is 14.8. The maximum Gasteiger partial charge on any atom is 0.171 e. The minimum atomic E-state index is 0.306. The Morgan fingerprint density at radius 1 is 1.00 bits per heavy atom. The number of nitrogen functional groups attached to an aromatic ring is 1. The molecular formula is C20H16N8. The first-order valence-electron chi connectivity index (χ1n) is 8.54. The van der Waals surface area contributed by atoms with Crippen molar-refractivity contribution in [3.05, 3.63) is 72.2 Å². The second-order valence-electron chi connectivity index (χ2n) is 6.04. The third-order valence-electron chi connectivity index (χ3n) is 4.08. The topological polar surface area (TPSA) is 125 Å². The van der Waals surface area contributed by atoms with Gasteiger partial charge in [0.25, 0.3) is 0 Å². The quantitative estimate of drug-likeness (QED) is 0.490. The zero-order chi connectivity index (χ0) is 19.3. The molecule has 0 saturated carbocycles. The van der Waals surface area contributed by atoms with Crippen molar-refractivity contribution in [3.8, 4) is 6.07 Å².